The Bertz CT molecular complexity index is 668. The first-order valence-corrected chi connectivity index (χ1v) is 9.16. The predicted molar refractivity (Wildman–Crippen MR) is 87.7 cm³/mol. The van der Waals surface area contributed by atoms with E-state index >= 15 is 0 Å². The van der Waals surface area contributed by atoms with Gasteiger partial charge in [-0.15, -0.1) is 0 Å². The van der Waals surface area contributed by atoms with Gasteiger partial charge in [0.25, 0.3) is 5.91 Å². The monoisotopic (exact) mass is 331 g/mol. The van der Waals surface area contributed by atoms with E-state index in [1.165, 1.54) is 0 Å². The molecule has 6 heteroatoms. The van der Waals surface area contributed by atoms with E-state index in [4.69, 9.17) is 0 Å². The first-order valence-electron chi connectivity index (χ1n) is 9.16. The highest BCUT2D eigenvalue weighted by molar-refractivity contribution is 5.98. The number of rotatable bonds is 2. The lowest BCUT2D eigenvalue weighted by Crippen LogP contribution is -2.46. The summed E-state index contributed by atoms with van der Waals surface area (Å²) in [6.07, 6.45) is 8.39. The molecule has 1 amide bonds. The summed E-state index contributed by atoms with van der Waals surface area (Å²) < 4.78 is 1.93. The molecule has 0 aromatic carbocycles. The number of nitrogens with zero attached hydrogens (tertiary/aromatic N) is 3. The Balaban J connectivity index is 1.67. The van der Waals surface area contributed by atoms with Crippen LogP contribution in [-0.2, 0) is 17.8 Å². The lowest BCUT2D eigenvalue weighted by Gasteiger charge is -2.33. The van der Waals surface area contributed by atoms with Gasteiger partial charge in [0.05, 0.1) is 17.5 Å². The normalized spacial score (nSPS) is 32.3. The second-order valence-electron chi connectivity index (χ2n) is 7.74. The van der Waals surface area contributed by atoms with Crippen molar-refractivity contribution in [3.05, 3.63) is 17.5 Å². The van der Waals surface area contributed by atoms with Gasteiger partial charge in [0.1, 0.15) is 6.04 Å². The number of fused-ring (bicyclic) bond motifs is 2. The second-order valence-corrected chi connectivity index (χ2v) is 7.74. The van der Waals surface area contributed by atoms with E-state index in [-0.39, 0.29) is 11.9 Å². The molecule has 1 aromatic rings. The van der Waals surface area contributed by atoms with E-state index in [1.54, 1.807) is 11.1 Å². The van der Waals surface area contributed by atoms with Gasteiger partial charge in [0, 0.05) is 12.6 Å². The number of hydrogen-bond acceptors (Lipinski definition) is 3. The molecule has 4 unspecified atom stereocenters. The largest absolute Gasteiger partial charge is 0.480 e. The molecule has 2 fully saturated rings. The quantitative estimate of drug-likeness (QED) is 0.902. The third-order valence-corrected chi connectivity index (χ3v) is 6.16. The maximum absolute atomic E-state index is 13.3. The van der Waals surface area contributed by atoms with E-state index < -0.39 is 12.0 Å². The fraction of sp³-hybridized carbons (Fsp3) is 0.722. The smallest absolute Gasteiger partial charge is 0.326 e. The van der Waals surface area contributed by atoms with Crippen LogP contribution in [0.15, 0.2) is 6.20 Å². The van der Waals surface area contributed by atoms with Crippen molar-refractivity contribution in [2.45, 2.75) is 70.5 Å². The summed E-state index contributed by atoms with van der Waals surface area (Å²) in [5, 5.41) is 14.0. The summed E-state index contributed by atoms with van der Waals surface area (Å²) in [5.41, 5.74) is 1.61. The van der Waals surface area contributed by atoms with Crippen molar-refractivity contribution in [2.75, 3.05) is 0 Å². The Morgan fingerprint density at radius 1 is 1.25 bits per heavy atom. The molecule has 6 nitrogen and oxygen atoms in total. The number of likely N-dealkylation sites (tertiary alicyclic amines) is 1. The zero-order chi connectivity index (χ0) is 16.8. The Labute approximate surface area is 141 Å². The molecule has 4 atom stereocenters. The minimum absolute atomic E-state index is 0.0870. The summed E-state index contributed by atoms with van der Waals surface area (Å²) >= 11 is 0. The van der Waals surface area contributed by atoms with Gasteiger partial charge in [0.15, 0.2) is 0 Å². The molecule has 3 aliphatic rings. The lowest BCUT2D eigenvalue weighted by molar-refractivity contribution is -0.141. The molecule has 1 aliphatic carbocycles. The Morgan fingerprint density at radius 3 is 2.83 bits per heavy atom. The maximum Gasteiger partial charge on any atom is 0.326 e. The van der Waals surface area contributed by atoms with Gasteiger partial charge in [0.2, 0.25) is 0 Å². The topological polar surface area (TPSA) is 75.4 Å². The lowest BCUT2D eigenvalue weighted by atomic mass is 9.84. The molecular formula is C18H25N3O3. The van der Waals surface area contributed by atoms with Gasteiger partial charge in [-0.05, 0) is 43.9 Å². The van der Waals surface area contributed by atoms with Crippen molar-refractivity contribution in [1.82, 2.24) is 14.7 Å². The third kappa shape index (κ3) is 2.43. The fourth-order valence-electron chi connectivity index (χ4n) is 4.88. The first-order chi connectivity index (χ1) is 11.6. The van der Waals surface area contributed by atoms with E-state index in [2.05, 4.69) is 12.0 Å². The van der Waals surface area contributed by atoms with Crippen molar-refractivity contribution >= 4 is 11.9 Å². The molecule has 1 aromatic heterocycles. The molecule has 4 rings (SSSR count). The van der Waals surface area contributed by atoms with Crippen LogP contribution in [0.3, 0.4) is 0 Å². The van der Waals surface area contributed by atoms with Crippen molar-refractivity contribution in [1.29, 1.82) is 0 Å². The molecule has 24 heavy (non-hydrogen) atoms. The number of amides is 1. The molecule has 3 heterocycles. The number of aliphatic carboxylic acids is 1. The van der Waals surface area contributed by atoms with Crippen molar-refractivity contribution < 1.29 is 14.7 Å². The van der Waals surface area contributed by atoms with Crippen LogP contribution in [0.25, 0.3) is 0 Å². The number of carbonyl (C=O) groups excluding carboxylic acids is 1. The molecule has 1 saturated heterocycles. The minimum Gasteiger partial charge on any atom is -0.480 e. The van der Waals surface area contributed by atoms with Crippen LogP contribution >= 0.6 is 0 Å². The average Bonchev–Trinajstić information content (AvgIpc) is 3.15. The molecule has 1 N–H and O–H groups in total. The summed E-state index contributed by atoms with van der Waals surface area (Å²) in [6, 6.07) is -0.592. The highest BCUT2D eigenvalue weighted by Crippen LogP contribution is 2.41. The molecule has 0 radical (unpaired) electrons. The zero-order valence-electron chi connectivity index (χ0n) is 14.1. The second kappa shape index (κ2) is 5.90. The Morgan fingerprint density at radius 2 is 2.04 bits per heavy atom. The summed E-state index contributed by atoms with van der Waals surface area (Å²) in [5.74, 6) is -0.106. The van der Waals surface area contributed by atoms with Gasteiger partial charge in [-0.1, -0.05) is 19.8 Å². The van der Waals surface area contributed by atoms with Crippen LogP contribution in [-0.4, -0.2) is 43.7 Å². The van der Waals surface area contributed by atoms with Gasteiger partial charge in [-0.2, -0.15) is 5.10 Å². The first kappa shape index (κ1) is 15.7. The highest BCUT2D eigenvalue weighted by Gasteiger charge is 2.48. The Kier molecular flexibility index (Phi) is 3.85. The molecule has 1 saturated carbocycles. The predicted octanol–water partition coefficient (Wildman–Crippen LogP) is 2.32. The van der Waals surface area contributed by atoms with Crippen LogP contribution in [0.4, 0.5) is 0 Å². The fourth-order valence-corrected chi connectivity index (χ4v) is 4.88. The minimum atomic E-state index is -0.868. The van der Waals surface area contributed by atoms with Gasteiger partial charge in [-0.25, -0.2) is 4.79 Å². The molecule has 0 spiro atoms. The van der Waals surface area contributed by atoms with Crippen molar-refractivity contribution in [2.24, 2.45) is 11.8 Å². The van der Waals surface area contributed by atoms with Crippen LogP contribution in [0, 0.1) is 11.8 Å². The van der Waals surface area contributed by atoms with Crippen molar-refractivity contribution in [3.8, 4) is 0 Å². The molecule has 2 aliphatic heterocycles. The Hall–Kier alpha value is -1.85. The highest BCUT2D eigenvalue weighted by atomic mass is 16.4. The molecule has 0 bridgehead atoms. The van der Waals surface area contributed by atoms with Crippen LogP contribution in [0.5, 0.6) is 0 Å². The van der Waals surface area contributed by atoms with Crippen LogP contribution in [0.2, 0.25) is 0 Å². The van der Waals surface area contributed by atoms with Crippen molar-refractivity contribution in [3.63, 3.8) is 0 Å². The number of carbonyl (C=O) groups is 2. The summed E-state index contributed by atoms with van der Waals surface area (Å²) in [6.45, 7) is 3.04. The number of carboxylic acid groups (broad SMARTS) is 1. The number of hydrogen-bond donors (Lipinski definition) is 1. The standard InChI is InChI=1S/C18H25N3O3/c1-11-6-7-20-15(8-11)13(10-19-20)17(22)21-14-5-3-2-4-12(14)9-16(21)18(23)24/h10-12,14,16H,2-9H2,1H3,(H,23,24). The average molecular weight is 331 g/mol. The maximum atomic E-state index is 13.3. The SMILES string of the molecule is CC1CCn2ncc(C(=O)N3C(C(=O)O)CC4CCCCC43)c2C1. The summed E-state index contributed by atoms with van der Waals surface area (Å²) in [4.78, 5) is 26.7. The van der Waals surface area contributed by atoms with E-state index in [9.17, 15) is 14.7 Å². The number of aryl methyl sites for hydroxylation is 1. The van der Waals surface area contributed by atoms with Crippen LogP contribution in [0.1, 0.15) is 61.5 Å². The van der Waals surface area contributed by atoms with E-state index in [0.29, 0.717) is 23.8 Å². The molecular weight excluding hydrogens is 306 g/mol. The van der Waals surface area contributed by atoms with E-state index in [0.717, 1.165) is 50.8 Å². The molecule has 130 valence electrons. The number of aromatic nitrogens is 2. The summed E-state index contributed by atoms with van der Waals surface area (Å²) in [7, 11) is 0. The van der Waals surface area contributed by atoms with Gasteiger partial charge < -0.3 is 10.0 Å². The van der Waals surface area contributed by atoms with E-state index in [1.807, 2.05) is 4.68 Å². The van der Waals surface area contributed by atoms with Gasteiger partial charge in [-0.3, -0.25) is 9.48 Å². The zero-order valence-corrected chi connectivity index (χ0v) is 14.1. The van der Waals surface area contributed by atoms with Crippen LogP contribution < -0.4 is 0 Å². The van der Waals surface area contributed by atoms with Gasteiger partial charge >= 0.3 is 5.97 Å². The third-order valence-electron chi connectivity index (χ3n) is 6.16. The number of carboxylic acids is 1.